The van der Waals surface area contributed by atoms with Crippen LogP contribution < -0.4 is 0 Å². The summed E-state index contributed by atoms with van der Waals surface area (Å²) < 4.78 is 33.5. The Bertz CT molecular complexity index is 907. The maximum atomic E-state index is 11.9. The van der Waals surface area contributed by atoms with E-state index in [1.807, 2.05) is 43.3 Å². The molecule has 0 saturated carbocycles. The highest BCUT2D eigenvalue weighted by atomic mass is 32.2. The van der Waals surface area contributed by atoms with Gasteiger partial charge in [-0.25, -0.2) is 0 Å². The van der Waals surface area contributed by atoms with E-state index in [9.17, 15) is 18.1 Å². The summed E-state index contributed by atoms with van der Waals surface area (Å²) in [6, 6.07) is 12.8. The molecule has 1 unspecified atom stereocenters. The van der Waals surface area contributed by atoms with Crippen LogP contribution in [-0.2, 0) is 15.5 Å². The SMILES string of the molecule is CC(c1ccccc1)c1cc(C(C)(C)CC(C)(C)C)cc(S(=O)(=O)O)c1O. The number of phenolic OH excluding ortho intramolecular Hbond substituents is 1. The van der Waals surface area contributed by atoms with Crippen molar-refractivity contribution < 1.29 is 18.1 Å². The number of hydrogen-bond donors (Lipinski definition) is 2. The molecule has 0 aliphatic rings. The summed E-state index contributed by atoms with van der Waals surface area (Å²) in [4.78, 5) is -0.431. The van der Waals surface area contributed by atoms with E-state index in [0.717, 1.165) is 17.5 Å². The minimum absolute atomic E-state index is 0.0326. The van der Waals surface area contributed by atoms with Crippen molar-refractivity contribution in [2.24, 2.45) is 5.41 Å². The first kappa shape index (κ1) is 21.5. The van der Waals surface area contributed by atoms with E-state index in [-0.39, 0.29) is 22.5 Å². The molecule has 0 saturated heterocycles. The fourth-order valence-corrected chi connectivity index (χ4v) is 4.53. The van der Waals surface area contributed by atoms with Gasteiger partial charge < -0.3 is 5.11 Å². The molecule has 0 aromatic heterocycles. The normalized spacial score (nSPS) is 14.2. The second-order valence-corrected chi connectivity index (χ2v) is 10.5. The number of hydrogen-bond acceptors (Lipinski definition) is 3. The summed E-state index contributed by atoms with van der Waals surface area (Å²) in [5.74, 6) is -0.610. The average Bonchev–Trinajstić information content (AvgIpc) is 2.51. The molecule has 2 rings (SSSR count). The highest BCUT2D eigenvalue weighted by Crippen LogP contribution is 2.42. The van der Waals surface area contributed by atoms with E-state index in [2.05, 4.69) is 34.6 Å². The Labute approximate surface area is 163 Å². The summed E-state index contributed by atoms with van der Waals surface area (Å²) >= 11 is 0. The lowest BCUT2D eigenvalue weighted by Gasteiger charge is -2.34. The maximum absolute atomic E-state index is 11.9. The van der Waals surface area contributed by atoms with Gasteiger partial charge in [-0.3, -0.25) is 4.55 Å². The number of phenols is 1. The lowest BCUT2D eigenvalue weighted by atomic mass is 9.71. The first-order chi connectivity index (χ1) is 12.2. The van der Waals surface area contributed by atoms with E-state index in [4.69, 9.17) is 0 Å². The van der Waals surface area contributed by atoms with Crippen molar-refractivity contribution in [2.75, 3.05) is 0 Å². The van der Waals surface area contributed by atoms with E-state index < -0.39 is 15.0 Å². The van der Waals surface area contributed by atoms with E-state index in [1.165, 1.54) is 6.07 Å². The average molecular weight is 391 g/mol. The van der Waals surface area contributed by atoms with Crippen LogP contribution in [0.3, 0.4) is 0 Å². The van der Waals surface area contributed by atoms with Crippen molar-refractivity contribution in [1.29, 1.82) is 0 Å². The quantitative estimate of drug-likeness (QED) is 0.661. The zero-order valence-corrected chi connectivity index (χ0v) is 17.8. The second-order valence-electron chi connectivity index (χ2n) is 9.14. The van der Waals surface area contributed by atoms with Crippen molar-refractivity contribution in [1.82, 2.24) is 0 Å². The van der Waals surface area contributed by atoms with E-state index in [0.29, 0.717) is 5.56 Å². The minimum atomic E-state index is -4.55. The van der Waals surface area contributed by atoms with Gasteiger partial charge >= 0.3 is 0 Å². The summed E-state index contributed by atoms with van der Waals surface area (Å²) in [7, 11) is -4.55. The summed E-state index contributed by atoms with van der Waals surface area (Å²) in [6.07, 6.45) is 0.814. The molecule has 4 nitrogen and oxygen atoms in total. The summed E-state index contributed by atoms with van der Waals surface area (Å²) in [5.41, 5.74) is 1.93. The predicted octanol–water partition coefficient (Wildman–Crippen LogP) is 5.50. The molecule has 0 amide bonds. The zero-order valence-electron chi connectivity index (χ0n) is 16.9. The molecule has 2 N–H and O–H groups in total. The highest BCUT2D eigenvalue weighted by Gasteiger charge is 2.31. The van der Waals surface area contributed by atoms with Crippen LogP contribution in [-0.4, -0.2) is 18.1 Å². The molecule has 1 atom stereocenters. The number of aromatic hydroxyl groups is 1. The van der Waals surface area contributed by atoms with Crippen molar-refractivity contribution in [3.63, 3.8) is 0 Å². The molecule has 27 heavy (non-hydrogen) atoms. The van der Waals surface area contributed by atoms with Gasteiger partial charge in [-0.15, -0.1) is 0 Å². The fraction of sp³-hybridized carbons (Fsp3) is 0.455. The monoisotopic (exact) mass is 390 g/mol. The Morgan fingerprint density at radius 3 is 2.04 bits per heavy atom. The van der Waals surface area contributed by atoms with Crippen LogP contribution in [0.1, 0.15) is 70.6 Å². The lowest BCUT2D eigenvalue weighted by Crippen LogP contribution is -2.25. The fourth-order valence-electron chi connectivity index (χ4n) is 3.90. The Morgan fingerprint density at radius 2 is 1.56 bits per heavy atom. The molecule has 0 fully saturated rings. The highest BCUT2D eigenvalue weighted by molar-refractivity contribution is 7.86. The minimum Gasteiger partial charge on any atom is -0.506 e. The molecule has 5 heteroatoms. The van der Waals surface area contributed by atoms with Crippen molar-refractivity contribution in [3.05, 3.63) is 59.2 Å². The van der Waals surface area contributed by atoms with Gasteiger partial charge in [0.15, 0.2) is 0 Å². The number of benzene rings is 2. The van der Waals surface area contributed by atoms with Gasteiger partial charge in [-0.1, -0.05) is 77.9 Å². The van der Waals surface area contributed by atoms with Gasteiger partial charge in [-0.05, 0) is 34.4 Å². The van der Waals surface area contributed by atoms with Crippen molar-refractivity contribution >= 4 is 10.1 Å². The van der Waals surface area contributed by atoms with Crippen LogP contribution >= 0.6 is 0 Å². The first-order valence-corrected chi connectivity index (χ1v) is 10.6. The van der Waals surface area contributed by atoms with Gasteiger partial charge in [0.1, 0.15) is 10.6 Å². The summed E-state index contributed by atoms with van der Waals surface area (Å²) in [5, 5.41) is 10.6. The van der Waals surface area contributed by atoms with Crippen LogP contribution in [0.2, 0.25) is 0 Å². The van der Waals surface area contributed by atoms with Crippen LogP contribution in [0.4, 0.5) is 0 Å². The first-order valence-electron chi connectivity index (χ1n) is 9.12. The molecule has 148 valence electrons. The molecule has 0 radical (unpaired) electrons. The Hall–Kier alpha value is -1.85. The van der Waals surface area contributed by atoms with Gasteiger partial charge in [-0.2, -0.15) is 8.42 Å². The van der Waals surface area contributed by atoms with Crippen molar-refractivity contribution in [3.8, 4) is 5.75 Å². The third-order valence-electron chi connectivity index (χ3n) is 4.90. The molecule has 2 aromatic rings. The van der Waals surface area contributed by atoms with Crippen LogP contribution in [0.5, 0.6) is 5.75 Å². The Kier molecular flexibility index (Phi) is 5.79. The van der Waals surface area contributed by atoms with E-state index >= 15 is 0 Å². The lowest BCUT2D eigenvalue weighted by molar-refractivity contribution is 0.283. The zero-order chi connectivity index (χ0) is 20.6. The maximum Gasteiger partial charge on any atom is 0.298 e. The van der Waals surface area contributed by atoms with Gasteiger partial charge in [0.25, 0.3) is 10.1 Å². The van der Waals surface area contributed by atoms with Gasteiger partial charge in [0.2, 0.25) is 0 Å². The van der Waals surface area contributed by atoms with Gasteiger partial charge in [0.05, 0.1) is 0 Å². The third-order valence-corrected chi connectivity index (χ3v) is 5.77. The molecule has 0 bridgehead atoms. The van der Waals surface area contributed by atoms with Crippen LogP contribution in [0.25, 0.3) is 0 Å². The second kappa shape index (κ2) is 7.28. The largest absolute Gasteiger partial charge is 0.506 e. The van der Waals surface area contributed by atoms with Gasteiger partial charge in [0, 0.05) is 11.5 Å². The molecule has 0 heterocycles. The van der Waals surface area contributed by atoms with Crippen molar-refractivity contribution in [2.45, 2.75) is 64.2 Å². The standard InChI is InChI=1S/C22H30O4S/c1-15(16-10-8-7-9-11-16)18-12-17(22(5,6)14-21(2,3)4)13-19(20(18)23)27(24,25)26/h7-13,15,23H,14H2,1-6H3,(H,24,25,26). The molecule has 0 aliphatic carbocycles. The van der Waals surface area contributed by atoms with E-state index in [1.54, 1.807) is 0 Å². The predicted molar refractivity (Wildman–Crippen MR) is 109 cm³/mol. The number of rotatable bonds is 5. The smallest absolute Gasteiger partial charge is 0.298 e. The molecular formula is C22H30O4S. The third kappa shape index (κ3) is 5.11. The topological polar surface area (TPSA) is 74.6 Å². The molecule has 2 aromatic carbocycles. The Balaban J connectivity index is 2.70. The Morgan fingerprint density at radius 1 is 1.00 bits per heavy atom. The molecule has 0 aliphatic heterocycles. The summed E-state index contributed by atoms with van der Waals surface area (Å²) in [6.45, 7) is 12.4. The molecule has 0 spiro atoms. The van der Waals surface area contributed by atoms with Crippen LogP contribution in [0, 0.1) is 5.41 Å². The molecular weight excluding hydrogens is 360 g/mol. The van der Waals surface area contributed by atoms with Crippen LogP contribution in [0.15, 0.2) is 47.4 Å².